The molecule has 1 aliphatic heterocycles. The van der Waals surface area contributed by atoms with Gasteiger partial charge in [0.2, 0.25) is 0 Å². The first-order chi connectivity index (χ1) is 15.9. The summed E-state index contributed by atoms with van der Waals surface area (Å²) in [4.78, 5) is 26.3. The highest BCUT2D eigenvalue weighted by atomic mass is 35.5. The van der Waals surface area contributed by atoms with E-state index in [0.717, 1.165) is 0 Å². The van der Waals surface area contributed by atoms with Crippen LogP contribution in [0, 0.1) is 0 Å². The summed E-state index contributed by atoms with van der Waals surface area (Å²) in [5.74, 6) is -0.134. The summed E-state index contributed by atoms with van der Waals surface area (Å²) in [6.45, 7) is 5.12. The minimum absolute atomic E-state index is 0.0284. The number of hydrogen-bond donors (Lipinski definition) is 2. The van der Waals surface area contributed by atoms with Crippen LogP contribution in [-0.2, 0) is 19.4 Å². The number of rotatable bonds is 5. The predicted octanol–water partition coefficient (Wildman–Crippen LogP) is 4.18. The molecule has 0 aromatic heterocycles. The summed E-state index contributed by atoms with van der Waals surface area (Å²) in [6.07, 6.45) is -1.000. The molecule has 1 saturated heterocycles. The number of halogens is 1. The van der Waals surface area contributed by atoms with Gasteiger partial charge in [-0.3, -0.25) is 10.0 Å². The van der Waals surface area contributed by atoms with Gasteiger partial charge in [-0.15, -0.1) is 0 Å². The second-order valence-electron chi connectivity index (χ2n) is 8.93. The first kappa shape index (κ1) is 25.8. The number of carbonyl (C=O) groups is 2. The molecular formula is C23H27ClN2O7S. The normalized spacial score (nSPS) is 16.0. The Bertz CT molecular complexity index is 1140. The van der Waals surface area contributed by atoms with Crippen LogP contribution in [0.3, 0.4) is 0 Å². The average Bonchev–Trinajstić information content (AvgIpc) is 2.79. The van der Waals surface area contributed by atoms with Gasteiger partial charge in [0.05, 0.1) is 4.90 Å². The zero-order valence-corrected chi connectivity index (χ0v) is 20.6. The molecule has 2 N–H and O–H groups in total. The first-order valence-corrected chi connectivity index (χ1v) is 12.4. The summed E-state index contributed by atoms with van der Waals surface area (Å²) < 4.78 is 36.2. The van der Waals surface area contributed by atoms with Gasteiger partial charge in [0.1, 0.15) is 17.1 Å². The fourth-order valence-electron chi connectivity index (χ4n) is 3.65. The Morgan fingerprint density at radius 1 is 1.00 bits per heavy atom. The van der Waals surface area contributed by atoms with Crippen molar-refractivity contribution in [1.29, 1.82) is 0 Å². The van der Waals surface area contributed by atoms with Crippen LogP contribution in [0.2, 0.25) is 5.02 Å². The maximum absolute atomic E-state index is 13.6. The van der Waals surface area contributed by atoms with E-state index in [1.54, 1.807) is 45.0 Å². The quantitative estimate of drug-likeness (QED) is 0.457. The Hall–Kier alpha value is -2.82. The van der Waals surface area contributed by atoms with Crippen LogP contribution < -0.4 is 10.2 Å². The number of sulfone groups is 1. The summed E-state index contributed by atoms with van der Waals surface area (Å²) in [5, 5.41) is 9.87. The SMILES string of the molecule is CC(C)(C)OC(=O)N1CCC(C(=O)NO)(S(=O)(=O)c2ccc(Oc3ccc(Cl)cc3)cc2)CC1. The molecule has 9 nitrogen and oxygen atoms in total. The maximum Gasteiger partial charge on any atom is 0.410 e. The van der Waals surface area contributed by atoms with Crippen LogP contribution in [0.25, 0.3) is 0 Å². The third-order valence-corrected chi connectivity index (χ3v) is 8.20. The minimum Gasteiger partial charge on any atom is -0.457 e. The molecule has 0 saturated carbocycles. The fraction of sp³-hybridized carbons (Fsp3) is 0.391. The highest BCUT2D eigenvalue weighted by Crippen LogP contribution is 2.37. The molecule has 3 rings (SSSR count). The summed E-state index contributed by atoms with van der Waals surface area (Å²) in [7, 11) is -4.24. The number of nitrogens with zero attached hydrogens (tertiary/aromatic N) is 1. The van der Waals surface area contributed by atoms with Crippen molar-refractivity contribution in [3.63, 3.8) is 0 Å². The molecule has 1 heterocycles. The average molecular weight is 511 g/mol. The number of nitrogens with one attached hydrogen (secondary N) is 1. The minimum atomic E-state index is -4.24. The molecular weight excluding hydrogens is 484 g/mol. The maximum atomic E-state index is 13.6. The molecule has 1 aliphatic rings. The molecule has 0 unspecified atom stereocenters. The predicted molar refractivity (Wildman–Crippen MR) is 125 cm³/mol. The molecule has 0 spiro atoms. The van der Waals surface area contributed by atoms with Crippen LogP contribution in [0.15, 0.2) is 53.4 Å². The van der Waals surface area contributed by atoms with Crippen molar-refractivity contribution < 1.29 is 32.7 Å². The van der Waals surface area contributed by atoms with Crippen LogP contribution in [0.1, 0.15) is 33.6 Å². The van der Waals surface area contributed by atoms with Gasteiger partial charge in [0, 0.05) is 18.1 Å². The second kappa shape index (κ2) is 9.81. The van der Waals surface area contributed by atoms with Gasteiger partial charge >= 0.3 is 6.09 Å². The molecule has 184 valence electrons. The molecule has 1 fully saturated rings. The van der Waals surface area contributed by atoms with E-state index in [4.69, 9.17) is 21.1 Å². The van der Waals surface area contributed by atoms with E-state index in [0.29, 0.717) is 16.5 Å². The lowest BCUT2D eigenvalue weighted by Gasteiger charge is -2.39. The summed E-state index contributed by atoms with van der Waals surface area (Å²) >= 11 is 5.86. The number of hydroxylamine groups is 1. The Morgan fingerprint density at radius 2 is 1.50 bits per heavy atom. The molecule has 0 aliphatic carbocycles. The first-order valence-electron chi connectivity index (χ1n) is 10.6. The molecule has 2 amide bonds. The zero-order chi connectivity index (χ0) is 25.1. The van der Waals surface area contributed by atoms with Crippen LogP contribution in [0.5, 0.6) is 11.5 Å². The molecule has 34 heavy (non-hydrogen) atoms. The number of ether oxygens (including phenoxy) is 2. The van der Waals surface area contributed by atoms with Gasteiger partial charge in [-0.2, -0.15) is 0 Å². The number of benzene rings is 2. The highest BCUT2D eigenvalue weighted by molar-refractivity contribution is 7.93. The molecule has 0 bridgehead atoms. The van der Waals surface area contributed by atoms with Crippen LogP contribution >= 0.6 is 11.6 Å². The lowest BCUT2D eigenvalue weighted by molar-refractivity contribution is -0.133. The molecule has 0 radical (unpaired) electrons. The molecule has 11 heteroatoms. The Labute approximate surface area is 203 Å². The number of amides is 2. The van der Waals surface area contributed by atoms with Gasteiger partial charge < -0.3 is 14.4 Å². The smallest absolute Gasteiger partial charge is 0.410 e. The standard InChI is InChI=1S/C23H27ClN2O7S/c1-22(2,3)33-21(28)26-14-12-23(13-15-26,20(27)25-29)34(30,31)19-10-8-18(9-11-19)32-17-6-4-16(24)5-7-17/h4-11,29H,12-15H2,1-3H3,(H,25,27). The highest BCUT2D eigenvalue weighted by Gasteiger charge is 2.53. The van der Waals surface area contributed by atoms with Crippen LogP contribution in [-0.4, -0.2) is 54.0 Å². The molecule has 2 aromatic carbocycles. The van der Waals surface area contributed by atoms with Gasteiger partial charge in [-0.05, 0) is 82.1 Å². The van der Waals surface area contributed by atoms with Gasteiger partial charge in [0.25, 0.3) is 5.91 Å². The van der Waals surface area contributed by atoms with Gasteiger partial charge in [-0.25, -0.2) is 18.7 Å². The van der Waals surface area contributed by atoms with Crippen molar-refractivity contribution in [2.24, 2.45) is 0 Å². The summed E-state index contributed by atoms with van der Waals surface area (Å²) in [6, 6.07) is 12.3. The Balaban J connectivity index is 1.81. The van der Waals surface area contributed by atoms with E-state index in [9.17, 15) is 23.2 Å². The summed E-state index contributed by atoms with van der Waals surface area (Å²) in [5.41, 5.74) is 0.782. The molecule has 0 atom stereocenters. The van der Waals surface area contributed by atoms with Crippen molar-refractivity contribution in [2.45, 2.75) is 48.9 Å². The topological polar surface area (TPSA) is 122 Å². The lowest BCUT2D eigenvalue weighted by Crippen LogP contribution is -2.58. The third-order valence-electron chi connectivity index (χ3n) is 5.44. The zero-order valence-electron chi connectivity index (χ0n) is 19.1. The van der Waals surface area contributed by atoms with Gasteiger partial charge in [0.15, 0.2) is 14.6 Å². The largest absolute Gasteiger partial charge is 0.457 e. The van der Waals surface area contributed by atoms with Crippen molar-refractivity contribution in [2.75, 3.05) is 13.1 Å². The van der Waals surface area contributed by atoms with E-state index >= 15 is 0 Å². The van der Waals surface area contributed by atoms with E-state index in [1.807, 2.05) is 0 Å². The molecule has 2 aromatic rings. The number of hydrogen-bond acceptors (Lipinski definition) is 7. The van der Waals surface area contributed by atoms with E-state index in [2.05, 4.69) is 0 Å². The van der Waals surface area contributed by atoms with E-state index < -0.39 is 32.2 Å². The third kappa shape index (κ3) is 5.45. The fourth-order valence-corrected chi connectivity index (χ4v) is 5.73. The number of piperidine rings is 1. The van der Waals surface area contributed by atoms with E-state index in [-0.39, 0.29) is 30.8 Å². The van der Waals surface area contributed by atoms with Crippen molar-refractivity contribution in [1.82, 2.24) is 10.4 Å². The Kier molecular flexibility index (Phi) is 7.44. The van der Waals surface area contributed by atoms with Crippen LogP contribution in [0.4, 0.5) is 4.79 Å². The van der Waals surface area contributed by atoms with Crippen molar-refractivity contribution in [3.05, 3.63) is 53.6 Å². The van der Waals surface area contributed by atoms with Gasteiger partial charge in [-0.1, -0.05) is 11.6 Å². The van der Waals surface area contributed by atoms with Crippen molar-refractivity contribution in [3.8, 4) is 11.5 Å². The monoisotopic (exact) mass is 510 g/mol. The van der Waals surface area contributed by atoms with E-state index in [1.165, 1.54) is 34.6 Å². The van der Waals surface area contributed by atoms with Crippen molar-refractivity contribution >= 4 is 33.4 Å². The second-order valence-corrected chi connectivity index (χ2v) is 11.6. The lowest BCUT2D eigenvalue weighted by atomic mass is 9.95. The number of likely N-dealkylation sites (tertiary alicyclic amines) is 1. The number of carbonyl (C=O) groups excluding carboxylic acids is 2. The Morgan fingerprint density at radius 3 is 1.97 bits per heavy atom.